The second-order valence-corrected chi connectivity index (χ2v) is 12.5. The molecule has 48 heavy (non-hydrogen) atoms. The number of aromatic nitrogens is 2. The normalized spacial score (nSPS) is 14.5. The number of allylic oxidation sites excluding steroid dienone is 1. The van der Waals surface area contributed by atoms with Crippen molar-refractivity contribution >= 4 is 23.4 Å². The molecule has 9 heteroatoms. The van der Waals surface area contributed by atoms with Crippen molar-refractivity contribution in [3.8, 4) is 28.3 Å². The third kappa shape index (κ3) is 6.13. The van der Waals surface area contributed by atoms with Gasteiger partial charge in [-0.25, -0.2) is 9.79 Å². The summed E-state index contributed by atoms with van der Waals surface area (Å²) < 4.78 is 21.5. The molecule has 0 saturated carbocycles. The molecule has 3 aromatic carbocycles. The van der Waals surface area contributed by atoms with Crippen LogP contribution in [0.4, 0.5) is 0 Å². The maximum atomic E-state index is 14.3. The van der Waals surface area contributed by atoms with Gasteiger partial charge in [-0.1, -0.05) is 59.9 Å². The number of carbonyl (C=O) groups excluding carboxylic acids is 1. The number of hydrogen-bond acceptors (Lipinski definition) is 7. The molecule has 1 atom stereocenters. The van der Waals surface area contributed by atoms with Gasteiger partial charge in [0.1, 0.15) is 0 Å². The largest absolute Gasteiger partial charge is 0.490 e. The molecular weight excluding hydrogens is 623 g/mol. The van der Waals surface area contributed by atoms with Crippen molar-refractivity contribution in [3.05, 3.63) is 132 Å². The molecule has 0 amide bonds. The first kappa shape index (κ1) is 32.8. The van der Waals surface area contributed by atoms with Crippen molar-refractivity contribution in [1.29, 1.82) is 0 Å². The van der Waals surface area contributed by atoms with Gasteiger partial charge in [0.25, 0.3) is 5.56 Å². The lowest BCUT2D eigenvalue weighted by Gasteiger charge is -2.25. The van der Waals surface area contributed by atoms with E-state index in [1.807, 2.05) is 56.3 Å². The maximum Gasteiger partial charge on any atom is 0.338 e. The summed E-state index contributed by atoms with van der Waals surface area (Å²) in [5, 5.41) is 0. The van der Waals surface area contributed by atoms with E-state index in [2.05, 4.69) is 60.9 Å². The zero-order chi connectivity index (χ0) is 33.9. The predicted octanol–water partition coefficient (Wildman–Crippen LogP) is 6.67. The van der Waals surface area contributed by atoms with E-state index in [1.54, 1.807) is 18.4 Å². The Morgan fingerprint density at radius 3 is 2.23 bits per heavy atom. The second-order valence-electron chi connectivity index (χ2n) is 11.4. The van der Waals surface area contributed by atoms with Gasteiger partial charge >= 0.3 is 5.97 Å². The second kappa shape index (κ2) is 13.9. The number of thiazole rings is 1. The number of fused-ring (bicyclic) bond motifs is 1. The van der Waals surface area contributed by atoms with Crippen molar-refractivity contribution in [2.45, 2.75) is 47.6 Å². The number of esters is 1. The van der Waals surface area contributed by atoms with Gasteiger partial charge in [0.2, 0.25) is 0 Å². The van der Waals surface area contributed by atoms with Crippen LogP contribution in [0.25, 0.3) is 22.9 Å². The van der Waals surface area contributed by atoms with Gasteiger partial charge in [-0.15, -0.1) is 0 Å². The first-order chi connectivity index (χ1) is 23.2. The van der Waals surface area contributed by atoms with E-state index in [-0.39, 0.29) is 12.2 Å². The van der Waals surface area contributed by atoms with E-state index in [1.165, 1.54) is 16.9 Å². The van der Waals surface area contributed by atoms with E-state index >= 15 is 0 Å². The molecule has 0 N–H and O–H groups in total. The van der Waals surface area contributed by atoms with Crippen LogP contribution in [0.15, 0.2) is 99.9 Å². The van der Waals surface area contributed by atoms with Crippen LogP contribution in [0.3, 0.4) is 0 Å². The first-order valence-electron chi connectivity index (χ1n) is 16.2. The monoisotopic (exact) mass is 661 g/mol. The lowest BCUT2D eigenvalue weighted by atomic mass is 9.95. The topological polar surface area (TPSA) is 84.1 Å². The molecule has 5 aromatic rings. The number of ether oxygens (including phenoxy) is 3. The Hall–Kier alpha value is -5.15. The fourth-order valence-electron chi connectivity index (χ4n) is 6.25. The Morgan fingerprint density at radius 1 is 0.854 bits per heavy atom. The minimum absolute atomic E-state index is 0.199. The highest BCUT2D eigenvalue weighted by molar-refractivity contribution is 7.07. The smallest absolute Gasteiger partial charge is 0.338 e. The van der Waals surface area contributed by atoms with Crippen molar-refractivity contribution in [2.75, 3.05) is 19.8 Å². The molecule has 0 radical (unpaired) electrons. The highest BCUT2D eigenvalue weighted by atomic mass is 32.1. The van der Waals surface area contributed by atoms with E-state index in [4.69, 9.17) is 19.2 Å². The number of benzene rings is 3. The third-order valence-electron chi connectivity index (χ3n) is 8.39. The summed E-state index contributed by atoms with van der Waals surface area (Å²) in [6.07, 6.45) is 1.92. The molecule has 0 aliphatic carbocycles. The summed E-state index contributed by atoms with van der Waals surface area (Å²) in [4.78, 5) is 33.0. The Morgan fingerprint density at radius 2 is 1.54 bits per heavy atom. The zero-order valence-electron chi connectivity index (χ0n) is 28.1. The number of hydrogen-bond donors (Lipinski definition) is 0. The molecule has 0 fully saturated rings. The summed E-state index contributed by atoms with van der Waals surface area (Å²) in [6.45, 7) is 12.6. The molecule has 2 aromatic heterocycles. The van der Waals surface area contributed by atoms with Gasteiger partial charge in [-0.05, 0) is 100 Å². The summed E-state index contributed by atoms with van der Waals surface area (Å²) in [5.74, 6) is 0.631. The van der Waals surface area contributed by atoms with Crippen LogP contribution in [0.2, 0.25) is 0 Å². The Kier molecular flexibility index (Phi) is 9.50. The molecule has 0 spiro atoms. The van der Waals surface area contributed by atoms with Gasteiger partial charge in [-0.2, -0.15) is 0 Å². The van der Waals surface area contributed by atoms with E-state index in [0.29, 0.717) is 50.9 Å². The number of aryl methyl sites for hydroxylation is 1. The van der Waals surface area contributed by atoms with Gasteiger partial charge in [0.15, 0.2) is 16.3 Å². The van der Waals surface area contributed by atoms with Crippen molar-refractivity contribution in [2.24, 2.45) is 4.99 Å². The number of carbonyl (C=O) groups is 1. The molecule has 0 unspecified atom stereocenters. The van der Waals surface area contributed by atoms with Gasteiger partial charge in [0.05, 0.1) is 41.7 Å². The lowest BCUT2D eigenvalue weighted by Crippen LogP contribution is -2.40. The Balaban J connectivity index is 1.45. The molecule has 8 nitrogen and oxygen atoms in total. The van der Waals surface area contributed by atoms with Crippen molar-refractivity contribution in [1.82, 2.24) is 9.13 Å². The fraction of sp³-hybridized carbons (Fsp3) is 0.256. The van der Waals surface area contributed by atoms with Gasteiger partial charge in [-0.3, -0.25) is 9.36 Å². The van der Waals surface area contributed by atoms with Crippen LogP contribution >= 0.6 is 11.3 Å². The van der Waals surface area contributed by atoms with Crippen LogP contribution in [0.5, 0.6) is 11.5 Å². The number of rotatable bonds is 10. The highest BCUT2D eigenvalue weighted by Gasteiger charge is 2.34. The zero-order valence-corrected chi connectivity index (χ0v) is 28.9. The maximum absolute atomic E-state index is 14.3. The standard InChI is InChI=1S/C39H39N3O5S/c1-7-45-32-20-17-29(22-33(32)46-8-2)36-35(38(44)47-9-3)25(5)40-39-42(36)37(43)34(48-39)23-30-21-24(4)41(26(30)6)31-18-15-28(16-19-31)27-13-11-10-12-14-27/h10-23,36H,7-9H2,1-6H3/b34-23-/t36-/m1/s1. The molecule has 3 heterocycles. The molecule has 6 rings (SSSR count). The molecule has 1 aliphatic heterocycles. The molecule has 0 saturated heterocycles. The van der Waals surface area contributed by atoms with Crippen molar-refractivity contribution < 1.29 is 19.0 Å². The van der Waals surface area contributed by atoms with Crippen LogP contribution in [-0.2, 0) is 9.53 Å². The van der Waals surface area contributed by atoms with Crippen molar-refractivity contribution in [3.63, 3.8) is 0 Å². The van der Waals surface area contributed by atoms with Crippen LogP contribution < -0.4 is 24.4 Å². The first-order valence-corrected chi connectivity index (χ1v) is 17.0. The van der Waals surface area contributed by atoms with Gasteiger partial charge in [0, 0.05) is 17.1 Å². The molecular formula is C39H39N3O5S. The van der Waals surface area contributed by atoms with E-state index in [0.717, 1.165) is 28.2 Å². The summed E-state index contributed by atoms with van der Waals surface area (Å²) in [7, 11) is 0. The lowest BCUT2D eigenvalue weighted by molar-refractivity contribution is -0.139. The predicted molar refractivity (Wildman–Crippen MR) is 190 cm³/mol. The fourth-order valence-corrected chi connectivity index (χ4v) is 7.29. The highest BCUT2D eigenvalue weighted by Crippen LogP contribution is 2.36. The average Bonchev–Trinajstić information content (AvgIpc) is 3.54. The SMILES string of the molecule is CCOC(=O)C1=C(C)N=c2s/c(=C\c3cc(C)n(-c4ccc(-c5ccccc5)cc4)c3C)c(=O)n2[C@@H]1c1ccc(OCC)c(OCC)c1. The molecule has 0 bridgehead atoms. The quantitative estimate of drug-likeness (QED) is 0.156. The molecule has 246 valence electrons. The minimum atomic E-state index is -0.757. The van der Waals surface area contributed by atoms with E-state index in [9.17, 15) is 9.59 Å². The minimum Gasteiger partial charge on any atom is -0.490 e. The molecule has 1 aliphatic rings. The summed E-state index contributed by atoms with van der Waals surface area (Å²) in [6, 6.07) is 25.6. The summed E-state index contributed by atoms with van der Waals surface area (Å²) in [5.41, 5.74) is 7.65. The average molecular weight is 662 g/mol. The summed E-state index contributed by atoms with van der Waals surface area (Å²) >= 11 is 1.31. The number of nitrogens with zero attached hydrogens (tertiary/aromatic N) is 3. The Bertz CT molecular complexity index is 2190. The van der Waals surface area contributed by atoms with Crippen LogP contribution in [0.1, 0.15) is 56.3 Å². The van der Waals surface area contributed by atoms with Gasteiger partial charge < -0.3 is 18.8 Å². The van der Waals surface area contributed by atoms with Crippen LogP contribution in [-0.4, -0.2) is 34.9 Å². The third-order valence-corrected chi connectivity index (χ3v) is 9.37. The van der Waals surface area contributed by atoms with Crippen LogP contribution in [0, 0.1) is 13.8 Å². The Labute approximate surface area is 283 Å². The van der Waals surface area contributed by atoms with E-state index < -0.39 is 12.0 Å².